The SMILES string of the molecule is CC1(C)C=CN=C2C(=O)CCC(C)(C)CC2=C1. The fourth-order valence-electron chi connectivity index (χ4n) is 2.51. The van der Waals surface area contributed by atoms with Crippen LogP contribution in [0.25, 0.3) is 0 Å². The normalized spacial score (nSPS) is 26.5. The molecule has 1 heterocycles. The summed E-state index contributed by atoms with van der Waals surface area (Å²) in [5, 5.41) is 0. The van der Waals surface area contributed by atoms with Gasteiger partial charge in [0.2, 0.25) is 0 Å². The summed E-state index contributed by atoms with van der Waals surface area (Å²) in [5.41, 5.74) is 2.01. The molecule has 0 atom stereocenters. The quantitative estimate of drug-likeness (QED) is 0.625. The van der Waals surface area contributed by atoms with E-state index in [0.29, 0.717) is 12.1 Å². The average molecular weight is 231 g/mol. The number of carbonyl (C=O) groups excluding carboxylic acids is 1. The van der Waals surface area contributed by atoms with Crippen molar-refractivity contribution < 1.29 is 4.79 Å². The van der Waals surface area contributed by atoms with Gasteiger partial charge in [-0.05, 0) is 23.8 Å². The zero-order valence-corrected chi connectivity index (χ0v) is 11.2. The Morgan fingerprint density at radius 2 is 1.94 bits per heavy atom. The summed E-state index contributed by atoms with van der Waals surface area (Å²) in [7, 11) is 0. The highest BCUT2D eigenvalue weighted by Crippen LogP contribution is 2.37. The van der Waals surface area contributed by atoms with Crippen molar-refractivity contribution >= 4 is 11.5 Å². The molecule has 0 unspecified atom stereocenters. The molecule has 92 valence electrons. The number of rotatable bonds is 0. The molecule has 17 heavy (non-hydrogen) atoms. The topological polar surface area (TPSA) is 29.4 Å². The number of ketones is 1. The van der Waals surface area contributed by atoms with Crippen molar-refractivity contribution in [1.29, 1.82) is 0 Å². The van der Waals surface area contributed by atoms with Gasteiger partial charge in [0.1, 0.15) is 5.71 Å². The summed E-state index contributed by atoms with van der Waals surface area (Å²) in [4.78, 5) is 16.5. The van der Waals surface area contributed by atoms with Crippen LogP contribution in [0.15, 0.2) is 28.9 Å². The first kappa shape index (κ1) is 12.3. The van der Waals surface area contributed by atoms with Crippen molar-refractivity contribution in [3.8, 4) is 0 Å². The number of carbonyl (C=O) groups is 1. The monoisotopic (exact) mass is 231 g/mol. The van der Waals surface area contributed by atoms with Crippen molar-refractivity contribution in [2.75, 3.05) is 0 Å². The Kier molecular flexibility index (Phi) is 2.84. The highest BCUT2D eigenvalue weighted by Gasteiger charge is 2.32. The van der Waals surface area contributed by atoms with Gasteiger partial charge in [-0.15, -0.1) is 0 Å². The van der Waals surface area contributed by atoms with E-state index in [4.69, 9.17) is 0 Å². The molecule has 2 heteroatoms. The lowest BCUT2D eigenvalue weighted by atomic mass is 9.81. The summed E-state index contributed by atoms with van der Waals surface area (Å²) >= 11 is 0. The number of aliphatic imine (C=N–C) groups is 1. The Labute approximate surface area is 104 Å². The predicted octanol–water partition coefficient (Wildman–Crippen LogP) is 3.69. The summed E-state index contributed by atoms with van der Waals surface area (Å²) < 4.78 is 0. The Balaban J connectivity index is 2.47. The molecule has 0 aromatic heterocycles. The van der Waals surface area contributed by atoms with Crippen LogP contribution in [0.4, 0.5) is 0 Å². The van der Waals surface area contributed by atoms with Crippen molar-refractivity contribution in [2.24, 2.45) is 15.8 Å². The van der Waals surface area contributed by atoms with Crippen LogP contribution in [0.3, 0.4) is 0 Å². The van der Waals surface area contributed by atoms with Gasteiger partial charge >= 0.3 is 0 Å². The second kappa shape index (κ2) is 3.94. The molecule has 1 aliphatic heterocycles. The van der Waals surface area contributed by atoms with E-state index in [1.54, 1.807) is 6.20 Å². The third-order valence-corrected chi connectivity index (χ3v) is 3.52. The lowest BCUT2D eigenvalue weighted by Crippen LogP contribution is -2.16. The van der Waals surface area contributed by atoms with Crippen molar-refractivity contribution in [2.45, 2.75) is 47.0 Å². The molecule has 0 saturated heterocycles. The molecular weight excluding hydrogens is 210 g/mol. The first-order valence-corrected chi connectivity index (χ1v) is 6.30. The lowest BCUT2D eigenvalue weighted by molar-refractivity contribution is -0.113. The maximum absolute atomic E-state index is 12.1. The molecule has 1 aliphatic carbocycles. The molecule has 0 amide bonds. The van der Waals surface area contributed by atoms with Crippen LogP contribution in [-0.2, 0) is 4.79 Å². The maximum Gasteiger partial charge on any atom is 0.181 e. The van der Waals surface area contributed by atoms with Crippen molar-refractivity contribution in [3.63, 3.8) is 0 Å². The molecule has 1 saturated carbocycles. The van der Waals surface area contributed by atoms with E-state index in [2.05, 4.69) is 44.8 Å². The Hall–Kier alpha value is -1.18. The molecule has 2 rings (SSSR count). The van der Waals surface area contributed by atoms with E-state index in [-0.39, 0.29) is 16.6 Å². The first-order chi connectivity index (χ1) is 7.79. The van der Waals surface area contributed by atoms with E-state index in [0.717, 1.165) is 18.4 Å². The van der Waals surface area contributed by atoms with E-state index in [1.165, 1.54) is 0 Å². The highest BCUT2D eigenvalue weighted by atomic mass is 16.1. The molecule has 2 nitrogen and oxygen atoms in total. The average Bonchev–Trinajstić information content (AvgIpc) is 2.37. The molecule has 0 N–H and O–H groups in total. The number of Topliss-reactive ketones (excluding diaryl/α,β-unsaturated/α-hetero) is 1. The zero-order chi connectivity index (χ0) is 12.7. The van der Waals surface area contributed by atoms with Gasteiger partial charge in [-0.2, -0.15) is 0 Å². The van der Waals surface area contributed by atoms with Gasteiger partial charge in [0.15, 0.2) is 5.78 Å². The standard InChI is InChI=1S/C15H21NO/c1-14(2)6-5-12(17)13-11(9-14)10-15(3,4)7-8-16-13/h7-8,10H,5-6,9H2,1-4H3. The minimum absolute atomic E-state index is 0.0126. The Morgan fingerprint density at radius 1 is 1.24 bits per heavy atom. The van der Waals surface area contributed by atoms with Crippen LogP contribution < -0.4 is 0 Å². The molecule has 0 aromatic carbocycles. The maximum atomic E-state index is 12.1. The zero-order valence-electron chi connectivity index (χ0n) is 11.2. The van der Waals surface area contributed by atoms with Crippen LogP contribution >= 0.6 is 0 Å². The van der Waals surface area contributed by atoms with Crippen LogP contribution in [0.5, 0.6) is 0 Å². The molecule has 0 radical (unpaired) electrons. The van der Waals surface area contributed by atoms with Crippen LogP contribution in [0.2, 0.25) is 0 Å². The van der Waals surface area contributed by atoms with Crippen molar-refractivity contribution in [3.05, 3.63) is 23.9 Å². The largest absolute Gasteiger partial charge is 0.292 e. The fraction of sp³-hybridized carbons (Fsp3) is 0.600. The third-order valence-electron chi connectivity index (χ3n) is 3.52. The van der Waals surface area contributed by atoms with Crippen LogP contribution in [-0.4, -0.2) is 11.5 Å². The molecule has 0 spiro atoms. The van der Waals surface area contributed by atoms with Gasteiger partial charge in [0.05, 0.1) is 0 Å². The van der Waals surface area contributed by atoms with Crippen LogP contribution in [0.1, 0.15) is 47.0 Å². The number of hydrogen-bond acceptors (Lipinski definition) is 2. The summed E-state index contributed by atoms with van der Waals surface area (Å²) in [6.07, 6.45) is 8.57. The second-order valence-corrected chi connectivity index (χ2v) is 6.55. The van der Waals surface area contributed by atoms with Gasteiger partial charge in [-0.1, -0.05) is 39.8 Å². The van der Waals surface area contributed by atoms with Gasteiger partial charge < -0.3 is 0 Å². The second-order valence-electron chi connectivity index (χ2n) is 6.55. The fourth-order valence-corrected chi connectivity index (χ4v) is 2.51. The molecular formula is C15H21NO. The van der Waals surface area contributed by atoms with E-state index in [9.17, 15) is 4.79 Å². The lowest BCUT2D eigenvalue weighted by Gasteiger charge is -2.23. The van der Waals surface area contributed by atoms with Gasteiger partial charge in [-0.25, -0.2) is 0 Å². The van der Waals surface area contributed by atoms with E-state index < -0.39 is 0 Å². The smallest absolute Gasteiger partial charge is 0.181 e. The Bertz CT molecular complexity index is 436. The van der Waals surface area contributed by atoms with Crippen molar-refractivity contribution in [1.82, 2.24) is 0 Å². The summed E-state index contributed by atoms with van der Waals surface area (Å²) in [6, 6.07) is 0. The first-order valence-electron chi connectivity index (χ1n) is 6.30. The summed E-state index contributed by atoms with van der Waals surface area (Å²) in [5.74, 6) is 0.198. The molecule has 2 aliphatic rings. The van der Waals surface area contributed by atoms with Crippen LogP contribution in [0, 0.1) is 10.8 Å². The number of hydrogen-bond donors (Lipinski definition) is 0. The molecule has 0 aromatic rings. The number of fused-ring (bicyclic) bond motifs is 1. The highest BCUT2D eigenvalue weighted by molar-refractivity contribution is 6.46. The summed E-state index contributed by atoms with van der Waals surface area (Å²) in [6.45, 7) is 8.76. The molecule has 0 bridgehead atoms. The van der Waals surface area contributed by atoms with Gasteiger partial charge in [0, 0.05) is 18.0 Å². The minimum Gasteiger partial charge on any atom is -0.292 e. The predicted molar refractivity (Wildman–Crippen MR) is 71.1 cm³/mol. The third kappa shape index (κ3) is 2.74. The minimum atomic E-state index is -0.0126. The van der Waals surface area contributed by atoms with E-state index >= 15 is 0 Å². The Morgan fingerprint density at radius 3 is 2.65 bits per heavy atom. The molecule has 1 fully saturated rings. The van der Waals surface area contributed by atoms with Gasteiger partial charge in [-0.3, -0.25) is 9.79 Å². The number of allylic oxidation sites excluding steroid dienone is 3. The number of nitrogens with zero attached hydrogens (tertiary/aromatic N) is 1. The van der Waals surface area contributed by atoms with Gasteiger partial charge in [0.25, 0.3) is 0 Å². The van der Waals surface area contributed by atoms with E-state index in [1.807, 2.05) is 0 Å².